The van der Waals surface area contributed by atoms with E-state index in [0.29, 0.717) is 39.4 Å². The second-order valence-electron chi connectivity index (χ2n) is 4.63. The van der Waals surface area contributed by atoms with Gasteiger partial charge in [0.05, 0.1) is 14.7 Å². The van der Waals surface area contributed by atoms with E-state index in [2.05, 4.69) is 9.59 Å². The van der Waals surface area contributed by atoms with Gasteiger partial charge in [0.25, 0.3) is 23.9 Å². The summed E-state index contributed by atoms with van der Waals surface area (Å²) in [5.74, 6) is 0. The van der Waals surface area contributed by atoms with Crippen LogP contribution in [0, 0.1) is 20.2 Å². The molecule has 3 rings (SSSR count). The maximum Gasteiger partial charge on any atom is 0.265 e. The minimum atomic E-state index is -0.463. The minimum Gasteiger partial charge on any atom is -0.250 e. The molecule has 0 aliphatic heterocycles. The van der Waals surface area contributed by atoms with E-state index in [1.807, 2.05) is 0 Å². The Labute approximate surface area is 154 Å². The van der Waals surface area contributed by atoms with E-state index in [9.17, 15) is 20.2 Å². The predicted octanol–water partition coefficient (Wildman–Crippen LogP) is 4.44. The molecule has 0 N–H and O–H groups in total. The van der Waals surface area contributed by atoms with Crippen LogP contribution in [-0.2, 0) is 0 Å². The third-order valence-corrected chi connectivity index (χ3v) is 5.13. The molecule has 2 aromatic carbocycles. The van der Waals surface area contributed by atoms with E-state index in [-0.39, 0.29) is 0 Å². The van der Waals surface area contributed by atoms with E-state index in [1.165, 1.54) is 11.5 Å². The number of rotatable bonds is 6. The highest BCUT2D eigenvalue weighted by Crippen LogP contribution is 2.35. The number of hydrogen-bond acceptors (Lipinski definition) is 9. The van der Waals surface area contributed by atoms with Crippen LogP contribution in [0.25, 0.3) is 21.7 Å². The summed E-state index contributed by atoms with van der Waals surface area (Å²) in [7, 11) is 0. The normalized spacial score (nSPS) is 10.6. The first kappa shape index (κ1) is 17.3. The summed E-state index contributed by atoms with van der Waals surface area (Å²) < 4.78 is 3.06. The Morgan fingerprint density at radius 1 is 0.800 bits per heavy atom. The van der Waals surface area contributed by atoms with Crippen LogP contribution in [0.4, 0.5) is 0 Å². The molecule has 0 radical (unpaired) electrons. The third kappa shape index (κ3) is 4.32. The van der Waals surface area contributed by atoms with Crippen molar-refractivity contribution in [2.24, 2.45) is 0 Å². The van der Waals surface area contributed by atoms with Gasteiger partial charge in [-0.3, -0.25) is 20.2 Å². The van der Waals surface area contributed by atoms with Crippen molar-refractivity contribution in [3.8, 4) is 21.7 Å². The topological polar surface area (TPSA) is 112 Å². The van der Waals surface area contributed by atoms with Gasteiger partial charge in [0.1, 0.15) is 14.4 Å². The molecule has 126 valence electrons. The molecular weight excluding hydrogens is 384 g/mol. The SMILES string of the molecule is O=[N+]([O-])Sc1ccc(-c2nnsc2-c2ccc(S[N+](=O)[O-])cc2)cc1. The zero-order valence-electron chi connectivity index (χ0n) is 12.3. The first-order valence-corrected chi connectivity index (χ1v) is 9.03. The number of hydrogen-bond donors (Lipinski definition) is 0. The van der Waals surface area contributed by atoms with Gasteiger partial charge >= 0.3 is 0 Å². The highest BCUT2D eigenvalue weighted by Gasteiger charge is 2.14. The maximum absolute atomic E-state index is 10.5. The fraction of sp³-hybridized carbons (Fsp3) is 0. The molecule has 0 spiro atoms. The summed E-state index contributed by atoms with van der Waals surface area (Å²) >= 11 is 2.31. The third-order valence-electron chi connectivity index (χ3n) is 3.09. The number of nitro groups is 2. The van der Waals surface area contributed by atoms with Crippen molar-refractivity contribution < 1.29 is 8.66 Å². The van der Waals surface area contributed by atoms with E-state index in [0.717, 1.165) is 16.0 Å². The van der Waals surface area contributed by atoms with E-state index in [1.54, 1.807) is 48.5 Å². The standard InChI is InChI=1S/C14H8N4O4S3/c19-17(20)24-11-5-1-9(2-6-11)13-14(23-16-15-13)10-3-7-12(8-4-10)25-18(21)22/h1-8H. The van der Waals surface area contributed by atoms with Crippen molar-refractivity contribution in [3.63, 3.8) is 0 Å². The van der Waals surface area contributed by atoms with Gasteiger partial charge in [0.2, 0.25) is 0 Å². The molecule has 0 bridgehead atoms. The molecule has 0 fully saturated rings. The van der Waals surface area contributed by atoms with Crippen molar-refractivity contribution in [1.82, 2.24) is 9.59 Å². The highest BCUT2D eigenvalue weighted by molar-refractivity contribution is 7.93. The van der Waals surface area contributed by atoms with Crippen LogP contribution in [0.15, 0.2) is 58.3 Å². The van der Waals surface area contributed by atoms with Crippen LogP contribution in [0.3, 0.4) is 0 Å². The van der Waals surface area contributed by atoms with Gasteiger partial charge in [-0.05, 0) is 41.4 Å². The number of benzene rings is 2. The van der Waals surface area contributed by atoms with E-state index < -0.39 is 8.66 Å². The van der Waals surface area contributed by atoms with Crippen LogP contribution in [0.2, 0.25) is 0 Å². The first-order valence-electron chi connectivity index (χ1n) is 6.71. The molecule has 0 atom stereocenters. The van der Waals surface area contributed by atoms with Crippen LogP contribution < -0.4 is 0 Å². The Morgan fingerprint density at radius 2 is 1.28 bits per heavy atom. The zero-order chi connectivity index (χ0) is 17.8. The molecule has 0 amide bonds. The molecule has 0 saturated heterocycles. The fourth-order valence-corrected chi connectivity index (χ4v) is 3.63. The van der Waals surface area contributed by atoms with Crippen molar-refractivity contribution in [2.45, 2.75) is 9.79 Å². The Kier molecular flexibility index (Phi) is 5.26. The van der Waals surface area contributed by atoms with Crippen molar-refractivity contribution >= 4 is 35.4 Å². The number of aromatic nitrogens is 2. The molecule has 0 aliphatic rings. The van der Waals surface area contributed by atoms with E-state index in [4.69, 9.17) is 0 Å². The second kappa shape index (κ2) is 7.59. The molecule has 25 heavy (non-hydrogen) atoms. The van der Waals surface area contributed by atoms with Gasteiger partial charge in [0, 0.05) is 5.56 Å². The van der Waals surface area contributed by atoms with Crippen molar-refractivity contribution in [1.29, 1.82) is 0 Å². The van der Waals surface area contributed by atoms with Gasteiger partial charge in [-0.15, -0.1) is 5.10 Å². The number of nitrogens with zero attached hydrogens (tertiary/aromatic N) is 4. The van der Waals surface area contributed by atoms with Crippen LogP contribution in [0.5, 0.6) is 0 Å². The molecule has 0 aliphatic carbocycles. The minimum absolute atomic E-state index is 0.459. The van der Waals surface area contributed by atoms with E-state index >= 15 is 0 Å². The second-order valence-corrected chi connectivity index (χ2v) is 7.29. The van der Waals surface area contributed by atoms with Gasteiger partial charge in [-0.1, -0.05) is 28.8 Å². The zero-order valence-corrected chi connectivity index (χ0v) is 14.7. The van der Waals surface area contributed by atoms with Crippen molar-refractivity contribution in [2.75, 3.05) is 0 Å². The lowest BCUT2D eigenvalue weighted by Gasteiger charge is -2.02. The Balaban J connectivity index is 1.87. The highest BCUT2D eigenvalue weighted by atomic mass is 32.2. The monoisotopic (exact) mass is 392 g/mol. The Hall–Kier alpha value is -2.50. The summed E-state index contributed by atoms with van der Waals surface area (Å²) in [6, 6.07) is 13.7. The lowest BCUT2D eigenvalue weighted by Crippen LogP contribution is -1.86. The lowest BCUT2D eigenvalue weighted by atomic mass is 10.1. The lowest BCUT2D eigenvalue weighted by molar-refractivity contribution is -0.284. The van der Waals surface area contributed by atoms with Crippen LogP contribution in [-0.4, -0.2) is 18.2 Å². The van der Waals surface area contributed by atoms with Crippen molar-refractivity contribution in [3.05, 3.63) is 68.8 Å². The molecular formula is C14H8N4O4S3. The van der Waals surface area contributed by atoms with Crippen LogP contribution in [0.1, 0.15) is 0 Å². The van der Waals surface area contributed by atoms with Gasteiger partial charge in [0.15, 0.2) is 0 Å². The van der Waals surface area contributed by atoms with Gasteiger partial charge in [-0.25, -0.2) is 0 Å². The molecule has 0 saturated carbocycles. The average molecular weight is 392 g/mol. The predicted molar refractivity (Wildman–Crippen MR) is 96.5 cm³/mol. The molecule has 8 nitrogen and oxygen atoms in total. The van der Waals surface area contributed by atoms with Crippen LogP contribution >= 0.6 is 35.4 Å². The quantitative estimate of drug-likeness (QED) is 0.344. The maximum atomic E-state index is 10.5. The summed E-state index contributed by atoms with van der Waals surface area (Å²) in [4.78, 5) is 22.9. The molecule has 1 heterocycles. The smallest absolute Gasteiger partial charge is 0.250 e. The molecule has 11 heteroatoms. The molecule has 1 aromatic heterocycles. The first-order chi connectivity index (χ1) is 12.0. The summed E-state index contributed by atoms with van der Waals surface area (Å²) in [5.41, 5.74) is 2.30. The molecule has 3 aromatic rings. The summed E-state index contributed by atoms with van der Waals surface area (Å²) in [6.45, 7) is 0. The molecule has 0 unspecified atom stereocenters. The summed E-state index contributed by atoms with van der Waals surface area (Å²) in [5, 5.41) is 25.2. The average Bonchev–Trinajstić information content (AvgIpc) is 3.05. The Morgan fingerprint density at radius 3 is 1.76 bits per heavy atom. The Bertz CT molecular complexity index is 839. The summed E-state index contributed by atoms with van der Waals surface area (Å²) in [6.07, 6.45) is 0. The fourth-order valence-electron chi connectivity index (χ4n) is 2.08. The largest absolute Gasteiger partial charge is 0.265 e. The van der Waals surface area contributed by atoms with Gasteiger partial charge < -0.3 is 0 Å². The van der Waals surface area contributed by atoms with Gasteiger partial charge in [-0.2, -0.15) is 0 Å².